The van der Waals surface area contributed by atoms with E-state index in [9.17, 15) is 16.8 Å². The van der Waals surface area contributed by atoms with Crippen LogP contribution in [-0.2, 0) is 26.4 Å². The van der Waals surface area contributed by atoms with E-state index in [0.29, 0.717) is 17.0 Å². The molecule has 2 aromatic rings. The normalized spacial score (nSPS) is 12.1. The van der Waals surface area contributed by atoms with E-state index in [0.717, 1.165) is 11.8 Å². The van der Waals surface area contributed by atoms with Crippen molar-refractivity contribution in [1.29, 1.82) is 0 Å². The second-order valence-corrected chi connectivity index (χ2v) is 10.1. The Morgan fingerprint density at radius 3 is 2.28 bits per heavy atom. The van der Waals surface area contributed by atoms with E-state index in [4.69, 9.17) is 15.8 Å². The summed E-state index contributed by atoms with van der Waals surface area (Å²) in [6, 6.07) is 14.2. The highest BCUT2D eigenvalue weighted by molar-refractivity contribution is 7.90. The van der Waals surface area contributed by atoms with Crippen LogP contribution in [0.2, 0.25) is 5.02 Å². The van der Waals surface area contributed by atoms with Crippen LogP contribution < -0.4 is 4.18 Å². The molecular weight excluding hydrogens is 384 g/mol. The Balaban J connectivity index is 2.15. The molecule has 0 aliphatic rings. The van der Waals surface area contributed by atoms with Crippen molar-refractivity contribution < 1.29 is 21.0 Å². The largest absolute Gasteiger partial charge is 0.382 e. The van der Waals surface area contributed by atoms with Crippen LogP contribution in [0.4, 0.5) is 0 Å². The lowest BCUT2D eigenvalue weighted by molar-refractivity contribution is 0.482. The monoisotopic (exact) mass is 402 g/mol. The maximum atomic E-state index is 12.1. The molecule has 0 bridgehead atoms. The highest BCUT2D eigenvalue weighted by atomic mass is 35.5. The van der Waals surface area contributed by atoms with E-state index in [1.165, 1.54) is 6.07 Å². The van der Waals surface area contributed by atoms with Crippen molar-refractivity contribution in [2.45, 2.75) is 12.8 Å². The highest BCUT2D eigenvalue weighted by Crippen LogP contribution is 2.27. The Kier molecular flexibility index (Phi) is 6.48. The molecule has 2 rings (SSSR count). The zero-order valence-corrected chi connectivity index (χ0v) is 16.1. The first-order valence-corrected chi connectivity index (χ1v) is 11.6. The average Bonchev–Trinajstić information content (AvgIpc) is 2.49. The first-order valence-electron chi connectivity index (χ1n) is 7.57. The molecule has 136 valence electrons. The van der Waals surface area contributed by atoms with Crippen molar-refractivity contribution in [1.82, 2.24) is 0 Å². The molecule has 0 aliphatic carbocycles. The van der Waals surface area contributed by atoms with Crippen molar-refractivity contribution in [3.05, 3.63) is 64.7 Å². The fourth-order valence-corrected chi connectivity index (χ4v) is 4.32. The molecule has 0 aromatic heterocycles. The molecule has 0 amide bonds. The Morgan fingerprint density at radius 2 is 1.64 bits per heavy atom. The molecule has 0 spiro atoms. The minimum Gasteiger partial charge on any atom is -0.382 e. The zero-order valence-electron chi connectivity index (χ0n) is 13.7. The molecule has 0 unspecified atom stereocenters. The van der Waals surface area contributed by atoms with Crippen molar-refractivity contribution in [3.63, 3.8) is 0 Å². The summed E-state index contributed by atoms with van der Waals surface area (Å²) in [5, 5.41) is 0.479. The van der Waals surface area contributed by atoms with Crippen LogP contribution in [0, 0.1) is 0 Å². The number of sulfone groups is 1. The molecule has 0 saturated heterocycles. The van der Waals surface area contributed by atoms with Gasteiger partial charge in [-0.25, -0.2) is 8.42 Å². The van der Waals surface area contributed by atoms with Gasteiger partial charge in [-0.2, -0.15) is 8.42 Å². The van der Waals surface area contributed by atoms with Crippen LogP contribution in [0.25, 0.3) is 0 Å². The number of rotatable bonds is 8. The van der Waals surface area contributed by atoms with Gasteiger partial charge < -0.3 is 4.18 Å². The van der Waals surface area contributed by atoms with Crippen LogP contribution in [0.3, 0.4) is 0 Å². The maximum absolute atomic E-state index is 12.1. The van der Waals surface area contributed by atoms with Gasteiger partial charge in [0.1, 0.15) is 15.6 Å². The maximum Gasteiger partial charge on any atom is 0.309 e. The lowest BCUT2D eigenvalue weighted by Crippen LogP contribution is -2.17. The van der Waals surface area contributed by atoms with Crippen molar-refractivity contribution in [2.75, 3.05) is 17.8 Å². The van der Waals surface area contributed by atoms with Gasteiger partial charge in [-0.05, 0) is 30.2 Å². The average molecular weight is 403 g/mol. The molecule has 5 nitrogen and oxygen atoms in total. The smallest absolute Gasteiger partial charge is 0.309 e. The fraction of sp³-hybridized carbons (Fsp3) is 0.294. The summed E-state index contributed by atoms with van der Waals surface area (Å²) in [5.74, 6) is -0.367. The van der Waals surface area contributed by atoms with Gasteiger partial charge in [0.25, 0.3) is 0 Å². The summed E-state index contributed by atoms with van der Waals surface area (Å²) in [7, 11) is -7.10. The summed E-state index contributed by atoms with van der Waals surface area (Å²) in [6.07, 6.45) is 1.52. The Labute approximate surface area is 153 Å². The van der Waals surface area contributed by atoms with Crippen molar-refractivity contribution >= 4 is 31.6 Å². The molecule has 0 N–H and O–H groups in total. The van der Waals surface area contributed by atoms with Gasteiger partial charge >= 0.3 is 10.1 Å². The Bertz CT molecular complexity index is 923. The van der Waals surface area contributed by atoms with Gasteiger partial charge in [-0.1, -0.05) is 41.9 Å². The van der Waals surface area contributed by atoms with Crippen LogP contribution in [-0.4, -0.2) is 34.6 Å². The summed E-state index contributed by atoms with van der Waals surface area (Å²) in [4.78, 5) is 0. The third-order valence-electron chi connectivity index (χ3n) is 3.39. The zero-order chi connectivity index (χ0) is 18.5. The third kappa shape index (κ3) is 7.05. The van der Waals surface area contributed by atoms with Crippen molar-refractivity contribution in [3.8, 4) is 5.75 Å². The topological polar surface area (TPSA) is 77.5 Å². The summed E-state index contributed by atoms with van der Waals surface area (Å²) in [5.41, 5.74) is 1.63. The molecule has 0 saturated carbocycles. The van der Waals surface area contributed by atoms with E-state index in [2.05, 4.69) is 0 Å². The molecule has 0 heterocycles. The van der Waals surface area contributed by atoms with Crippen molar-refractivity contribution in [2.24, 2.45) is 0 Å². The standard InChI is InChI=1S/C17H19ClO5S2/c1-24(19,20)10-5-11-25(21,22)23-17-9-8-16(18)13-15(17)12-14-6-3-2-4-7-14/h2-4,6-9,13H,5,10-12H2,1H3. The van der Waals surface area contributed by atoms with E-state index in [1.807, 2.05) is 30.3 Å². The number of hydrogen-bond acceptors (Lipinski definition) is 5. The first-order chi connectivity index (χ1) is 11.6. The van der Waals surface area contributed by atoms with Crippen LogP contribution >= 0.6 is 11.6 Å². The van der Waals surface area contributed by atoms with Gasteiger partial charge in [-0.15, -0.1) is 0 Å². The summed E-state index contributed by atoms with van der Waals surface area (Å²) in [6.45, 7) is 0. The second kappa shape index (κ2) is 8.21. The lowest BCUT2D eigenvalue weighted by atomic mass is 10.0. The van der Waals surface area contributed by atoms with Crippen LogP contribution in [0.1, 0.15) is 17.5 Å². The molecule has 0 fully saturated rings. The van der Waals surface area contributed by atoms with Gasteiger partial charge in [-0.3, -0.25) is 0 Å². The molecule has 0 radical (unpaired) electrons. The number of benzene rings is 2. The minimum atomic E-state index is -3.89. The molecule has 2 aromatic carbocycles. The molecule has 0 atom stereocenters. The summed E-state index contributed by atoms with van der Waals surface area (Å²) < 4.78 is 51.7. The lowest BCUT2D eigenvalue weighted by Gasteiger charge is -2.12. The van der Waals surface area contributed by atoms with Gasteiger partial charge in [0.15, 0.2) is 0 Å². The fourth-order valence-electron chi connectivity index (χ4n) is 2.26. The molecule has 8 heteroatoms. The molecule has 25 heavy (non-hydrogen) atoms. The highest BCUT2D eigenvalue weighted by Gasteiger charge is 2.17. The van der Waals surface area contributed by atoms with Gasteiger partial charge in [0.05, 0.1) is 11.5 Å². The van der Waals surface area contributed by atoms with E-state index >= 15 is 0 Å². The first kappa shape index (κ1) is 19.8. The Hall–Kier alpha value is -1.57. The Morgan fingerprint density at radius 1 is 0.960 bits per heavy atom. The van der Waals surface area contributed by atoms with E-state index in [1.54, 1.807) is 12.1 Å². The predicted octanol–water partition coefficient (Wildman–Crippen LogP) is 3.07. The quantitative estimate of drug-likeness (QED) is 0.634. The van der Waals surface area contributed by atoms with Crippen LogP contribution in [0.5, 0.6) is 5.75 Å². The van der Waals surface area contributed by atoms with Gasteiger partial charge in [0, 0.05) is 23.3 Å². The number of hydrogen-bond donors (Lipinski definition) is 0. The van der Waals surface area contributed by atoms with Crippen LogP contribution in [0.15, 0.2) is 48.5 Å². The summed E-state index contributed by atoms with van der Waals surface area (Å²) >= 11 is 6.02. The molecule has 0 aliphatic heterocycles. The van der Waals surface area contributed by atoms with Gasteiger partial charge in [0.2, 0.25) is 0 Å². The van der Waals surface area contributed by atoms with E-state index in [-0.39, 0.29) is 23.7 Å². The number of halogens is 1. The molecular formula is C17H19ClO5S2. The third-order valence-corrected chi connectivity index (χ3v) is 5.87. The predicted molar refractivity (Wildman–Crippen MR) is 99.4 cm³/mol. The SMILES string of the molecule is CS(=O)(=O)CCCS(=O)(=O)Oc1ccc(Cl)cc1Cc1ccccc1. The minimum absolute atomic E-state index is 0.0111. The van der Waals surface area contributed by atoms with E-state index < -0.39 is 20.0 Å². The second-order valence-electron chi connectivity index (χ2n) is 5.74.